The topological polar surface area (TPSA) is 99.6 Å². The molecule has 0 aliphatic heterocycles. The number of nitrogens with zero attached hydrogens (tertiary/aromatic N) is 6. The minimum absolute atomic E-state index is 0.213. The fourth-order valence-electron chi connectivity index (χ4n) is 3.68. The van der Waals surface area contributed by atoms with Gasteiger partial charge in [0.15, 0.2) is 11.0 Å². The number of rotatable bonds is 9. The van der Waals surface area contributed by atoms with Crippen molar-refractivity contribution in [3.05, 3.63) is 70.9 Å². The fraction of sp³-hybridized carbons (Fsp3) is 0.292. The van der Waals surface area contributed by atoms with Gasteiger partial charge >= 0.3 is 0 Å². The average Bonchev–Trinajstić information content (AvgIpc) is 3.34. The van der Waals surface area contributed by atoms with E-state index in [4.69, 9.17) is 0 Å². The van der Waals surface area contributed by atoms with Crippen LogP contribution in [0.25, 0.3) is 17.1 Å². The predicted molar refractivity (Wildman–Crippen MR) is 133 cm³/mol. The first-order valence-electron chi connectivity index (χ1n) is 11.1. The summed E-state index contributed by atoms with van der Waals surface area (Å²) >= 11 is 1.48. The number of benzene rings is 1. The van der Waals surface area contributed by atoms with Gasteiger partial charge in [0, 0.05) is 43.7 Å². The Morgan fingerprint density at radius 3 is 2.53 bits per heavy atom. The second-order valence-electron chi connectivity index (χ2n) is 7.78. The van der Waals surface area contributed by atoms with Gasteiger partial charge < -0.3 is 9.88 Å². The van der Waals surface area contributed by atoms with Crippen molar-refractivity contribution in [3.63, 3.8) is 0 Å². The van der Waals surface area contributed by atoms with Gasteiger partial charge in [-0.25, -0.2) is 4.68 Å². The Balaban J connectivity index is 1.43. The molecule has 0 aliphatic rings. The van der Waals surface area contributed by atoms with Gasteiger partial charge in [0.2, 0.25) is 5.91 Å². The summed E-state index contributed by atoms with van der Waals surface area (Å²) in [6.45, 7) is 4.70. The summed E-state index contributed by atoms with van der Waals surface area (Å²) in [4.78, 5) is 29.7. The van der Waals surface area contributed by atoms with E-state index in [1.165, 1.54) is 11.8 Å². The molecule has 0 aliphatic carbocycles. The number of aromatic nitrogens is 6. The molecule has 0 radical (unpaired) electrons. The second-order valence-corrected chi connectivity index (χ2v) is 8.84. The van der Waals surface area contributed by atoms with E-state index in [1.807, 2.05) is 49.4 Å². The van der Waals surface area contributed by atoms with Crippen LogP contribution in [0.2, 0.25) is 0 Å². The van der Waals surface area contributed by atoms with Crippen LogP contribution in [-0.2, 0) is 18.4 Å². The zero-order chi connectivity index (χ0) is 24.1. The van der Waals surface area contributed by atoms with Crippen LogP contribution in [-0.4, -0.2) is 40.8 Å². The number of carbonyl (C=O) groups excluding carboxylic acids is 1. The molecule has 34 heavy (non-hydrogen) atoms. The normalized spacial score (nSPS) is 11.0. The molecule has 4 rings (SSSR count). The van der Waals surface area contributed by atoms with E-state index in [0.717, 1.165) is 35.2 Å². The maximum absolute atomic E-state index is 13.0. The molecule has 9 nitrogen and oxygen atoms in total. The van der Waals surface area contributed by atoms with Gasteiger partial charge in [-0.15, -0.1) is 10.2 Å². The van der Waals surface area contributed by atoms with Crippen LogP contribution in [0.5, 0.6) is 0 Å². The third-order valence-corrected chi connectivity index (χ3v) is 6.45. The summed E-state index contributed by atoms with van der Waals surface area (Å²) in [6, 6.07) is 13.2. The van der Waals surface area contributed by atoms with Crippen LogP contribution in [0.3, 0.4) is 0 Å². The van der Waals surface area contributed by atoms with Crippen LogP contribution in [0.1, 0.15) is 25.5 Å². The summed E-state index contributed by atoms with van der Waals surface area (Å²) in [5.74, 6) is 1.09. The molecule has 0 saturated carbocycles. The highest BCUT2D eigenvalue weighted by molar-refractivity contribution is 7.99. The first-order chi connectivity index (χ1) is 16.5. The third kappa shape index (κ3) is 4.81. The van der Waals surface area contributed by atoms with Gasteiger partial charge in [0.1, 0.15) is 5.69 Å². The Morgan fingerprint density at radius 2 is 1.82 bits per heavy atom. The van der Waals surface area contributed by atoms with Crippen LogP contribution >= 0.6 is 11.8 Å². The van der Waals surface area contributed by atoms with Crippen molar-refractivity contribution in [2.45, 2.75) is 38.4 Å². The molecule has 0 spiro atoms. The first-order valence-corrected chi connectivity index (χ1v) is 12.1. The largest absolute Gasteiger partial charge is 0.320 e. The van der Waals surface area contributed by atoms with E-state index in [-0.39, 0.29) is 17.9 Å². The Labute approximate surface area is 201 Å². The van der Waals surface area contributed by atoms with E-state index < -0.39 is 0 Å². The summed E-state index contributed by atoms with van der Waals surface area (Å²) in [5.41, 5.74) is 2.44. The number of amides is 1. The van der Waals surface area contributed by atoms with Gasteiger partial charge in [0.25, 0.3) is 5.56 Å². The molecule has 0 unspecified atom stereocenters. The smallest absolute Gasteiger partial charge is 0.295 e. The lowest BCUT2D eigenvalue weighted by Gasteiger charge is -2.09. The average molecular weight is 478 g/mol. The third-order valence-electron chi connectivity index (χ3n) is 5.48. The van der Waals surface area contributed by atoms with Crippen molar-refractivity contribution < 1.29 is 4.79 Å². The Kier molecular flexibility index (Phi) is 7.27. The maximum atomic E-state index is 13.0. The number of hydrogen-bond donors (Lipinski definition) is 1. The van der Waals surface area contributed by atoms with Gasteiger partial charge in [-0.3, -0.25) is 19.3 Å². The summed E-state index contributed by atoms with van der Waals surface area (Å²) in [7, 11) is 1.80. The maximum Gasteiger partial charge on any atom is 0.295 e. The van der Waals surface area contributed by atoms with Crippen molar-refractivity contribution in [2.75, 3.05) is 11.1 Å². The Morgan fingerprint density at radius 1 is 1.09 bits per heavy atom. The number of anilines is 1. The Bertz CT molecular complexity index is 1330. The van der Waals surface area contributed by atoms with E-state index >= 15 is 0 Å². The Hall–Kier alpha value is -3.66. The zero-order valence-electron chi connectivity index (χ0n) is 19.4. The standard InChI is InChI=1S/C24H27N7O2S/c1-4-15-30-22(18-10-13-25-14-11-18)27-28-24(30)34-16-12-20(32)26-21-17(2)29(3)31(23(21)33)19-8-6-5-7-9-19/h5-11,13-14H,4,12,15-16H2,1-3H3,(H,26,32). The van der Waals surface area contributed by atoms with Crippen LogP contribution in [0.4, 0.5) is 5.69 Å². The SMILES string of the molecule is CCCn1c(SCCC(=O)Nc2c(C)n(C)n(-c3ccccc3)c2=O)nnc1-c1ccncc1. The molecule has 0 atom stereocenters. The molecule has 3 aromatic heterocycles. The quantitative estimate of drug-likeness (QED) is 0.369. The minimum atomic E-state index is -0.253. The van der Waals surface area contributed by atoms with Crippen LogP contribution in [0, 0.1) is 6.92 Å². The van der Waals surface area contributed by atoms with Gasteiger partial charge in [0.05, 0.1) is 11.4 Å². The first kappa shape index (κ1) is 23.5. The van der Waals surface area contributed by atoms with Gasteiger partial charge in [-0.05, 0) is 37.6 Å². The fourth-order valence-corrected chi connectivity index (χ4v) is 4.59. The molecule has 1 aromatic carbocycles. The molecule has 3 heterocycles. The molecular weight excluding hydrogens is 450 g/mol. The lowest BCUT2D eigenvalue weighted by molar-refractivity contribution is -0.115. The number of thioether (sulfide) groups is 1. The molecule has 0 fully saturated rings. The van der Waals surface area contributed by atoms with Gasteiger partial charge in [-0.1, -0.05) is 36.9 Å². The molecule has 0 saturated heterocycles. The monoisotopic (exact) mass is 477 g/mol. The molecule has 1 amide bonds. The van der Waals surface area contributed by atoms with Crippen molar-refractivity contribution in [3.8, 4) is 17.1 Å². The second kappa shape index (κ2) is 10.5. The minimum Gasteiger partial charge on any atom is -0.320 e. The van der Waals surface area contributed by atoms with Crippen molar-refractivity contribution >= 4 is 23.4 Å². The van der Waals surface area contributed by atoms with E-state index in [0.29, 0.717) is 17.1 Å². The lowest BCUT2D eigenvalue weighted by atomic mass is 10.2. The van der Waals surface area contributed by atoms with Crippen molar-refractivity contribution in [1.82, 2.24) is 29.1 Å². The number of nitrogens with one attached hydrogen (secondary N) is 1. The molecule has 1 N–H and O–H groups in total. The van der Waals surface area contributed by atoms with Crippen LogP contribution in [0.15, 0.2) is 64.8 Å². The van der Waals surface area contributed by atoms with E-state index in [9.17, 15) is 9.59 Å². The number of carbonyl (C=O) groups is 1. The van der Waals surface area contributed by atoms with Crippen molar-refractivity contribution in [2.24, 2.45) is 7.05 Å². The highest BCUT2D eigenvalue weighted by Crippen LogP contribution is 2.24. The molecule has 176 valence electrons. The summed E-state index contributed by atoms with van der Waals surface area (Å²) in [5, 5.41) is 12.3. The van der Waals surface area contributed by atoms with E-state index in [1.54, 1.807) is 28.8 Å². The predicted octanol–water partition coefficient (Wildman–Crippen LogP) is 3.67. The zero-order valence-corrected chi connectivity index (χ0v) is 20.2. The highest BCUT2D eigenvalue weighted by atomic mass is 32.2. The molecule has 0 bridgehead atoms. The molecule has 10 heteroatoms. The lowest BCUT2D eigenvalue weighted by Crippen LogP contribution is -2.23. The number of pyridine rings is 1. The van der Waals surface area contributed by atoms with Crippen molar-refractivity contribution in [1.29, 1.82) is 0 Å². The highest BCUT2D eigenvalue weighted by Gasteiger charge is 2.19. The number of para-hydroxylation sites is 1. The molecular formula is C24H27N7O2S. The number of hydrogen-bond acceptors (Lipinski definition) is 6. The van der Waals surface area contributed by atoms with E-state index in [2.05, 4.69) is 32.0 Å². The van der Waals surface area contributed by atoms with Crippen LogP contribution < -0.4 is 10.9 Å². The van der Waals surface area contributed by atoms with Gasteiger partial charge in [-0.2, -0.15) is 0 Å². The summed E-state index contributed by atoms with van der Waals surface area (Å²) in [6.07, 6.45) is 4.64. The summed E-state index contributed by atoms with van der Waals surface area (Å²) < 4.78 is 5.36. The molecule has 4 aromatic rings.